The van der Waals surface area contributed by atoms with E-state index in [4.69, 9.17) is 9.57 Å². The first-order valence-electron chi connectivity index (χ1n) is 8.57. The molecule has 5 nitrogen and oxygen atoms in total. The molecule has 128 valence electrons. The summed E-state index contributed by atoms with van der Waals surface area (Å²) in [5, 5.41) is 4.02. The van der Waals surface area contributed by atoms with Crippen molar-refractivity contribution in [2.24, 2.45) is 11.1 Å². The molecule has 4 rings (SSSR count). The monoisotopic (exact) mass is 332 g/mol. The van der Waals surface area contributed by atoms with Gasteiger partial charge in [0.05, 0.1) is 12.3 Å². The number of hydrogen-bond donors (Lipinski definition) is 0. The zero-order chi connectivity index (χ0) is 16.5. The highest BCUT2D eigenvalue weighted by atomic mass is 19.1. The van der Waals surface area contributed by atoms with Crippen LogP contribution in [0.25, 0.3) is 0 Å². The number of amides is 1. The average Bonchev–Trinajstić information content (AvgIpc) is 3.10. The second kappa shape index (κ2) is 6.51. The summed E-state index contributed by atoms with van der Waals surface area (Å²) in [5.41, 5.74) is 1.31. The van der Waals surface area contributed by atoms with Crippen molar-refractivity contribution in [1.82, 2.24) is 4.90 Å². The standard InChI is InChI=1S/C18H21FN2O3/c19-14-3-1-2-13(8-14)16-9-17(24-20-16)18(22)21(15-4-5-15)10-12-6-7-23-11-12/h1-3,8,12,15,17H,4-7,9-11H2/t12-,17+/m1/s1. The van der Waals surface area contributed by atoms with Gasteiger partial charge in [0.2, 0.25) is 6.10 Å². The van der Waals surface area contributed by atoms with E-state index in [1.165, 1.54) is 12.1 Å². The number of benzene rings is 1. The second-order valence-electron chi connectivity index (χ2n) is 6.80. The lowest BCUT2D eigenvalue weighted by atomic mass is 10.0. The summed E-state index contributed by atoms with van der Waals surface area (Å²) in [5.74, 6) is 0.102. The molecular formula is C18H21FN2O3. The van der Waals surface area contributed by atoms with Crippen LogP contribution in [-0.2, 0) is 14.4 Å². The fourth-order valence-electron chi connectivity index (χ4n) is 3.34. The predicted octanol–water partition coefficient (Wildman–Crippen LogP) is 2.35. The average molecular weight is 332 g/mol. The second-order valence-corrected chi connectivity index (χ2v) is 6.80. The lowest BCUT2D eigenvalue weighted by Crippen LogP contribution is -2.43. The lowest BCUT2D eigenvalue weighted by Gasteiger charge is -2.26. The summed E-state index contributed by atoms with van der Waals surface area (Å²) >= 11 is 0. The van der Waals surface area contributed by atoms with Crippen LogP contribution in [0.3, 0.4) is 0 Å². The Kier molecular flexibility index (Phi) is 4.22. The first kappa shape index (κ1) is 15.6. The zero-order valence-electron chi connectivity index (χ0n) is 13.5. The fourth-order valence-corrected chi connectivity index (χ4v) is 3.34. The van der Waals surface area contributed by atoms with E-state index in [-0.39, 0.29) is 11.7 Å². The van der Waals surface area contributed by atoms with Gasteiger partial charge in [0.15, 0.2) is 0 Å². The number of hydrogen-bond acceptors (Lipinski definition) is 4. The third kappa shape index (κ3) is 3.29. The van der Waals surface area contributed by atoms with E-state index in [0.717, 1.165) is 39.0 Å². The summed E-state index contributed by atoms with van der Waals surface area (Å²) in [6, 6.07) is 6.57. The Morgan fingerprint density at radius 3 is 2.92 bits per heavy atom. The predicted molar refractivity (Wildman–Crippen MR) is 86.1 cm³/mol. The zero-order valence-corrected chi connectivity index (χ0v) is 13.5. The van der Waals surface area contributed by atoms with Gasteiger partial charge in [-0.1, -0.05) is 17.3 Å². The van der Waals surface area contributed by atoms with Crippen molar-refractivity contribution in [3.8, 4) is 0 Å². The number of oxime groups is 1. The van der Waals surface area contributed by atoms with Crippen LogP contribution in [0.5, 0.6) is 0 Å². The van der Waals surface area contributed by atoms with Crippen LogP contribution >= 0.6 is 0 Å². The van der Waals surface area contributed by atoms with E-state index in [2.05, 4.69) is 5.16 Å². The van der Waals surface area contributed by atoms with Crippen LogP contribution in [0, 0.1) is 11.7 Å². The highest BCUT2D eigenvalue weighted by Gasteiger charge is 2.40. The van der Waals surface area contributed by atoms with Gasteiger partial charge in [-0.15, -0.1) is 0 Å². The molecular weight excluding hydrogens is 311 g/mol. The number of rotatable bonds is 5. The van der Waals surface area contributed by atoms with Crippen molar-refractivity contribution < 1.29 is 18.8 Å². The summed E-state index contributed by atoms with van der Waals surface area (Å²) in [4.78, 5) is 20.2. The lowest BCUT2D eigenvalue weighted by molar-refractivity contribution is -0.143. The largest absolute Gasteiger partial charge is 0.382 e. The molecule has 6 heteroatoms. The molecule has 1 aliphatic carbocycles. The van der Waals surface area contributed by atoms with Crippen LogP contribution in [0.1, 0.15) is 31.2 Å². The van der Waals surface area contributed by atoms with Gasteiger partial charge in [-0.05, 0) is 31.4 Å². The van der Waals surface area contributed by atoms with Crippen molar-refractivity contribution in [3.05, 3.63) is 35.6 Å². The van der Waals surface area contributed by atoms with E-state index in [0.29, 0.717) is 29.7 Å². The fraction of sp³-hybridized carbons (Fsp3) is 0.556. The molecule has 3 aliphatic rings. The molecule has 0 radical (unpaired) electrons. The Bertz CT molecular complexity index is 653. The third-order valence-corrected chi connectivity index (χ3v) is 4.85. The van der Waals surface area contributed by atoms with Crippen LogP contribution in [0.4, 0.5) is 4.39 Å². The van der Waals surface area contributed by atoms with E-state index < -0.39 is 6.10 Å². The van der Waals surface area contributed by atoms with Gasteiger partial charge >= 0.3 is 0 Å². The third-order valence-electron chi connectivity index (χ3n) is 4.85. The molecule has 1 saturated heterocycles. The Hall–Kier alpha value is -1.95. The van der Waals surface area contributed by atoms with E-state index in [9.17, 15) is 9.18 Å². The highest BCUT2D eigenvalue weighted by Crippen LogP contribution is 2.31. The Morgan fingerprint density at radius 2 is 2.21 bits per heavy atom. The summed E-state index contributed by atoms with van der Waals surface area (Å²) in [6.45, 7) is 2.25. The molecule has 1 aromatic rings. The smallest absolute Gasteiger partial charge is 0.267 e. The number of carbonyl (C=O) groups is 1. The van der Waals surface area contributed by atoms with Gasteiger partial charge in [0.1, 0.15) is 5.82 Å². The Balaban J connectivity index is 1.41. The topological polar surface area (TPSA) is 51.1 Å². The minimum absolute atomic E-state index is 0.000414. The minimum atomic E-state index is -0.591. The molecule has 2 atom stereocenters. The molecule has 2 heterocycles. The van der Waals surface area contributed by atoms with Gasteiger partial charge < -0.3 is 14.5 Å². The van der Waals surface area contributed by atoms with Gasteiger partial charge in [-0.2, -0.15) is 0 Å². The van der Waals surface area contributed by atoms with Gasteiger partial charge in [-0.25, -0.2) is 4.39 Å². The molecule has 0 bridgehead atoms. The maximum absolute atomic E-state index is 13.4. The summed E-state index contributed by atoms with van der Waals surface area (Å²) < 4.78 is 18.8. The Labute approximate surface area is 140 Å². The van der Waals surface area contributed by atoms with Crippen molar-refractivity contribution in [1.29, 1.82) is 0 Å². The van der Waals surface area contributed by atoms with Gasteiger partial charge in [0, 0.05) is 37.1 Å². The van der Waals surface area contributed by atoms with Gasteiger partial charge in [-0.3, -0.25) is 4.79 Å². The van der Waals surface area contributed by atoms with Crippen molar-refractivity contribution in [2.45, 2.75) is 37.8 Å². The van der Waals surface area contributed by atoms with Crippen molar-refractivity contribution in [3.63, 3.8) is 0 Å². The molecule has 1 aromatic carbocycles. The summed E-state index contributed by atoms with van der Waals surface area (Å²) in [6.07, 6.45) is 2.93. The number of ether oxygens (including phenoxy) is 1. The molecule has 0 spiro atoms. The number of halogens is 1. The number of carbonyl (C=O) groups excluding carboxylic acids is 1. The van der Waals surface area contributed by atoms with E-state index >= 15 is 0 Å². The molecule has 2 fully saturated rings. The first-order chi connectivity index (χ1) is 11.7. The van der Waals surface area contributed by atoms with Crippen LogP contribution < -0.4 is 0 Å². The number of nitrogens with zero attached hydrogens (tertiary/aromatic N) is 2. The molecule has 0 aromatic heterocycles. The normalized spacial score (nSPS) is 26.1. The van der Waals surface area contributed by atoms with Crippen molar-refractivity contribution >= 4 is 11.6 Å². The molecule has 1 amide bonds. The maximum atomic E-state index is 13.4. The maximum Gasteiger partial charge on any atom is 0.267 e. The van der Waals surface area contributed by atoms with Gasteiger partial charge in [0.25, 0.3) is 5.91 Å². The summed E-state index contributed by atoms with van der Waals surface area (Å²) in [7, 11) is 0. The minimum Gasteiger partial charge on any atom is -0.382 e. The molecule has 0 unspecified atom stereocenters. The van der Waals surface area contributed by atoms with Crippen LogP contribution in [-0.4, -0.2) is 48.4 Å². The SMILES string of the molecule is O=C([C@@H]1CC(c2cccc(F)c2)=NO1)N(C[C@H]1CCOC1)C1CC1. The van der Waals surface area contributed by atoms with E-state index in [1.807, 2.05) is 4.90 Å². The van der Waals surface area contributed by atoms with Crippen LogP contribution in [0.2, 0.25) is 0 Å². The molecule has 24 heavy (non-hydrogen) atoms. The Morgan fingerprint density at radius 1 is 1.33 bits per heavy atom. The highest BCUT2D eigenvalue weighted by molar-refractivity contribution is 6.04. The molecule has 2 aliphatic heterocycles. The quantitative estimate of drug-likeness (QED) is 0.832. The van der Waals surface area contributed by atoms with Crippen molar-refractivity contribution in [2.75, 3.05) is 19.8 Å². The van der Waals surface area contributed by atoms with Crippen LogP contribution in [0.15, 0.2) is 29.4 Å². The molecule has 1 saturated carbocycles. The first-order valence-corrected chi connectivity index (χ1v) is 8.57. The van der Waals surface area contributed by atoms with E-state index in [1.54, 1.807) is 12.1 Å². The molecule has 0 N–H and O–H groups in total.